The Morgan fingerprint density at radius 1 is 0.955 bits per heavy atom. The van der Waals surface area contributed by atoms with Crippen LogP contribution in [-0.2, 0) is 17.8 Å². The molecule has 122 valence electrons. The van der Waals surface area contributed by atoms with Crippen molar-refractivity contribution in [2.24, 2.45) is 0 Å². The summed E-state index contributed by atoms with van der Waals surface area (Å²) < 4.78 is 88.8. The highest BCUT2D eigenvalue weighted by molar-refractivity contribution is 5.85. The summed E-state index contributed by atoms with van der Waals surface area (Å²) >= 11 is 0. The summed E-state index contributed by atoms with van der Waals surface area (Å²) in [5.74, 6) is -14.8. The maximum absolute atomic E-state index is 13.4. The molecular formula is C13H10F7NO. The van der Waals surface area contributed by atoms with E-state index in [4.69, 9.17) is 0 Å². The SMILES string of the molecule is O=C(N1CCc2ccccc2C1)C(F)(F)C(F)(F)C(F)(F)F. The number of nitrogens with zero attached hydrogens (tertiary/aromatic N) is 1. The zero-order chi connectivity index (χ0) is 16.8. The number of halogens is 7. The number of fused-ring (bicyclic) bond motifs is 1. The predicted octanol–water partition coefficient (Wildman–Crippen LogP) is 3.40. The van der Waals surface area contributed by atoms with Crippen molar-refractivity contribution in [1.29, 1.82) is 0 Å². The Hall–Kier alpha value is -1.80. The molecule has 0 unspecified atom stereocenters. The minimum Gasteiger partial charge on any atom is -0.333 e. The number of benzene rings is 1. The summed E-state index contributed by atoms with van der Waals surface area (Å²) in [5, 5.41) is 0. The Morgan fingerprint density at radius 2 is 1.50 bits per heavy atom. The molecule has 0 radical (unpaired) electrons. The van der Waals surface area contributed by atoms with E-state index < -0.39 is 30.5 Å². The number of alkyl halides is 7. The van der Waals surface area contributed by atoms with Gasteiger partial charge in [-0.05, 0) is 17.5 Å². The summed E-state index contributed by atoms with van der Waals surface area (Å²) in [4.78, 5) is 11.8. The zero-order valence-electron chi connectivity index (χ0n) is 10.9. The molecule has 1 aliphatic rings. The summed E-state index contributed by atoms with van der Waals surface area (Å²) in [5.41, 5.74) is 1.17. The molecule has 2 rings (SSSR count). The van der Waals surface area contributed by atoms with Crippen LogP contribution in [0, 0.1) is 0 Å². The Bertz CT molecular complexity index is 582. The first-order valence-corrected chi connectivity index (χ1v) is 6.17. The Morgan fingerprint density at radius 3 is 2.05 bits per heavy atom. The molecule has 0 atom stereocenters. The molecule has 1 amide bonds. The van der Waals surface area contributed by atoms with Crippen LogP contribution >= 0.6 is 0 Å². The van der Waals surface area contributed by atoms with Crippen LogP contribution in [0.15, 0.2) is 24.3 Å². The number of carbonyl (C=O) groups is 1. The largest absolute Gasteiger partial charge is 0.460 e. The average Bonchev–Trinajstić information content (AvgIpc) is 2.44. The third-order valence-electron chi connectivity index (χ3n) is 3.44. The van der Waals surface area contributed by atoms with Crippen molar-refractivity contribution in [2.75, 3.05) is 6.54 Å². The van der Waals surface area contributed by atoms with Gasteiger partial charge in [-0.1, -0.05) is 24.3 Å². The molecule has 0 spiro atoms. The van der Waals surface area contributed by atoms with Crippen molar-refractivity contribution in [3.63, 3.8) is 0 Å². The molecule has 1 aromatic rings. The van der Waals surface area contributed by atoms with Gasteiger partial charge in [0.1, 0.15) is 0 Å². The van der Waals surface area contributed by atoms with E-state index >= 15 is 0 Å². The summed E-state index contributed by atoms with van der Waals surface area (Å²) in [6.07, 6.45) is -6.41. The van der Waals surface area contributed by atoms with Crippen LogP contribution in [0.4, 0.5) is 30.7 Å². The van der Waals surface area contributed by atoms with Crippen LogP contribution in [0.5, 0.6) is 0 Å². The molecule has 1 aromatic carbocycles. The first-order valence-electron chi connectivity index (χ1n) is 6.17. The van der Waals surface area contributed by atoms with Gasteiger partial charge in [0.05, 0.1) is 0 Å². The first-order chi connectivity index (χ1) is 9.98. The van der Waals surface area contributed by atoms with Crippen LogP contribution in [0.1, 0.15) is 11.1 Å². The highest BCUT2D eigenvalue weighted by Crippen LogP contribution is 2.47. The molecule has 0 saturated carbocycles. The quantitative estimate of drug-likeness (QED) is 0.762. The summed E-state index contributed by atoms with van der Waals surface area (Å²) in [6, 6.07) is 6.38. The van der Waals surface area contributed by atoms with Gasteiger partial charge in [-0.15, -0.1) is 0 Å². The molecule has 0 bridgehead atoms. The minimum absolute atomic E-state index is 0.107. The fraction of sp³-hybridized carbons (Fsp3) is 0.462. The van der Waals surface area contributed by atoms with E-state index in [0.717, 1.165) is 5.56 Å². The lowest BCUT2D eigenvalue weighted by Crippen LogP contribution is -2.60. The lowest BCUT2D eigenvalue weighted by molar-refractivity contribution is -0.346. The molecule has 0 fully saturated rings. The predicted molar refractivity (Wildman–Crippen MR) is 61.5 cm³/mol. The second-order valence-corrected chi connectivity index (χ2v) is 4.89. The molecule has 0 saturated heterocycles. The van der Waals surface area contributed by atoms with E-state index in [2.05, 4.69) is 0 Å². The minimum atomic E-state index is -6.51. The first kappa shape index (κ1) is 16.6. The maximum atomic E-state index is 13.4. The van der Waals surface area contributed by atoms with E-state index in [1.807, 2.05) is 0 Å². The van der Waals surface area contributed by atoms with Gasteiger partial charge in [-0.3, -0.25) is 4.79 Å². The van der Waals surface area contributed by atoms with Crippen molar-refractivity contribution in [2.45, 2.75) is 31.0 Å². The third-order valence-corrected chi connectivity index (χ3v) is 3.44. The normalized spacial score (nSPS) is 16.4. The molecule has 22 heavy (non-hydrogen) atoms. The molecule has 0 N–H and O–H groups in total. The highest BCUT2D eigenvalue weighted by Gasteiger charge is 2.76. The molecule has 1 heterocycles. The molecule has 9 heteroatoms. The molecule has 1 aliphatic heterocycles. The molecular weight excluding hydrogens is 319 g/mol. The van der Waals surface area contributed by atoms with E-state index in [1.54, 1.807) is 18.2 Å². The summed E-state index contributed by atoms with van der Waals surface area (Å²) in [7, 11) is 0. The number of amides is 1. The fourth-order valence-electron chi connectivity index (χ4n) is 2.18. The topological polar surface area (TPSA) is 20.3 Å². The van der Waals surface area contributed by atoms with Crippen molar-refractivity contribution < 1.29 is 35.5 Å². The van der Waals surface area contributed by atoms with Crippen LogP contribution in [0.25, 0.3) is 0 Å². The van der Waals surface area contributed by atoms with Gasteiger partial charge in [0.2, 0.25) is 0 Å². The van der Waals surface area contributed by atoms with Gasteiger partial charge in [0.25, 0.3) is 5.91 Å². The highest BCUT2D eigenvalue weighted by atomic mass is 19.4. The van der Waals surface area contributed by atoms with Gasteiger partial charge < -0.3 is 4.90 Å². The monoisotopic (exact) mass is 329 g/mol. The number of hydrogen-bond acceptors (Lipinski definition) is 1. The van der Waals surface area contributed by atoms with Crippen LogP contribution in [0.3, 0.4) is 0 Å². The van der Waals surface area contributed by atoms with Crippen LogP contribution in [-0.4, -0.2) is 35.4 Å². The smallest absolute Gasteiger partial charge is 0.333 e. The maximum Gasteiger partial charge on any atom is 0.460 e. The fourth-order valence-corrected chi connectivity index (χ4v) is 2.18. The second kappa shape index (κ2) is 5.13. The Labute approximate surface area is 120 Å². The molecule has 0 aromatic heterocycles. The summed E-state index contributed by atoms with van der Waals surface area (Å²) in [6.45, 7) is -0.780. The van der Waals surface area contributed by atoms with Gasteiger partial charge in [0, 0.05) is 13.1 Å². The van der Waals surface area contributed by atoms with Gasteiger partial charge in [-0.25, -0.2) is 0 Å². The van der Waals surface area contributed by atoms with Crippen LogP contribution < -0.4 is 0 Å². The Kier molecular flexibility index (Phi) is 3.87. The lowest BCUT2D eigenvalue weighted by atomic mass is 9.99. The standard InChI is InChI=1S/C13H10F7NO/c14-11(15,12(16,17)13(18,19)20)10(22)21-6-5-8-3-1-2-4-9(8)7-21/h1-4H,5-7H2. The van der Waals surface area contributed by atoms with E-state index in [1.165, 1.54) is 6.07 Å². The van der Waals surface area contributed by atoms with Crippen molar-refractivity contribution in [1.82, 2.24) is 4.90 Å². The zero-order valence-corrected chi connectivity index (χ0v) is 10.9. The van der Waals surface area contributed by atoms with Crippen molar-refractivity contribution >= 4 is 5.91 Å². The van der Waals surface area contributed by atoms with Crippen LogP contribution in [0.2, 0.25) is 0 Å². The second-order valence-electron chi connectivity index (χ2n) is 4.89. The number of rotatable bonds is 2. The number of hydrogen-bond donors (Lipinski definition) is 0. The van der Waals surface area contributed by atoms with Gasteiger partial charge in [0.15, 0.2) is 0 Å². The third kappa shape index (κ3) is 2.52. The van der Waals surface area contributed by atoms with Gasteiger partial charge in [-0.2, -0.15) is 30.7 Å². The average molecular weight is 329 g/mol. The molecule has 2 nitrogen and oxygen atoms in total. The van der Waals surface area contributed by atoms with Crippen molar-refractivity contribution in [3.8, 4) is 0 Å². The van der Waals surface area contributed by atoms with Crippen molar-refractivity contribution in [3.05, 3.63) is 35.4 Å². The lowest BCUT2D eigenvalue weighted by Gasteiger charge is -2.34. The van der Waals surface area contributed by atoms with E-state index in [-0.39, 0.29) is 13.0 Å². The van der Waals surface area contributed by atoms with E-state index in [9.17, 15) is 35.5 Å². The Balaban J connectivity index is 2.25. The van der Waals surface area contributed by atoms with Gasteiger partial charge >= 0.3 is 18.0 Å². The molecule has 0 aliphatic carbocycles. The van der Waals surface area contributed by atoms with E-state index in [0.29, 0.717) is 10.5 Å². The number of carbonyl (C=O) groups excluding carboxylic acids is 1.